The molecule has 1 atom stereocenters. The number of aryl methyl sites for hydroxylation is 1. The van der Waals surface area contributed by atoms with E-state index < -0.39 is 0 Å². The van der Waals surface area contributed by atoms with Gasteiger partial charge in [0, 0.05) is 24.1 Å². The smallest absolute Gasteiger partial charge is 0.131 e. The highest BCUT2D eigenvalue weighted by Crippen LogP contribution is 2.36. The molecule has 1 aliphatic rings. The van der Waals surface area contributed by atoms with E-state index in [2.05, 4.69) is 19.2 Å². The van der Waals surface area contributed by atoms with E-state index in [1.807, 2.05) is 6.92 Å². The lowest BCUT2D eigenvalue weighted by molar-refractivity contribution is 0.240. The minimum absolute atomic E-state index is 0.0728. The van der Waals surface area contributed by atoms with Crippen LogP contribution in [-0.4, -0.2) is 12.6 Å². The van der Waals surface area contributed by atoms with Crippen LogP contribution in [0.2, 0.25) is 0 Å². The van der Waals surface area contributed by atoms with Crippen molar-refractivity contribution in [3.05, 3.63) is 29.1 Å². The van der Waals surface area contributed by atoms with E-state index >= 15 is 0 Å². The fourth-order valence-electron chi connectivity index (χ4n) is 2.19. The maximum atomic E-state index is 13.8. The van der Waals surface area contributed by atoms with Gasteiger partial charge in [-0.1, -0.05) is 19.9 Å². The van der Waals surface area contributed by atoms with Gasteiger partial charge in [-0.05, 0) is 18.6 Å². The number of fused-ring (bicyclic) bond motifs is 1. The topological polar surface area (TPSA) is 21.3 Å². The van der Waals surface area contributed by atoms with Gasteiger partial charge in [0.15, 0.2) is 0 Å². The summed E-state index contributed by atoms with van der Waals surface area (Å²) in [5.41, 5.74) is 1.70. The predicted octanol–water partition coefficient (Wildman–Crippen LogP) is 2.96. The number of rotatable bonds is 2. The zero-order valence-corrected chi connectivity index (χ0v) is 10.0. The van der Waals surface area contributed by atoms with E-state index in [9.17, 15) is 4.39 Å². The molecule has 88 valence electrons. The van der Waals surface area contributed by atoms with Crippen LogP contribution in [0.3, 0.4) is 0 Å². The molecule has 0 spiro atoms. The summed E-state index contributed by atoms with van der Waals surface area (Å²) >= 11 is 0. The highest BCUT2D eigenvalue weighted by atomic mass is 19.1. The van der Waals surface area contributed by atoms with Crippen molar-refractivity contribution < 1.29 is 9.13 Å². The molecule has 1 aliphatic heterocycles. The Balaban J connectivity index is 2.40. The second kappa shape index (κ2) is 4.42. The molecule has 1 aromatic carbocycles. The molecule has 0 saturated carbocycles. The second-order valence-electron chi connectivity index (χ2n) is 4.62. The third-order valence-corrected chi connectivity index (χ3v) is 2.88. The number of nitrogens with one attached hydrogen (secondary N) is 1. The van der Waals surface area contributed by atoms with Crippen LogP contribution < -0.4 is 10.1 Å². The van der Waals surface area contributed by atoms with Crippen LogP contribution in [0.1, 0.15) is 37.4 Å². The van der Waals surface area contributed by atoms with Crippen LogP contribution >= 0.6 is 0 Å². The van der Waals surface area contributed by atoms with Crippen LogP contribution in [0.4, 0.5) is 4.39 Å². The van der Waals surface area contributed by atoms with Gasteiger partial charge in [0.05, 0.1) is 6.61 Å². The Kier molecular flexibility index (Phi) is 3.15. The number of halogens is 1. The maximum absolute atomic E-state index is 13.8. The van der Waals surface area contributed by atoms with Gasteiger partial charge in [0.1, 0.15) is 11.6 Å². The molecule has 1 heterocycles. The second-order valence-corrected chi connectivity index (χ2v) is 4.62. The molecule has 0 bridgehead atoms. The zero-order valence-electron chi connectivity index (χ0n) is 10.0. The molecule has 0 aliphatic carbocycles. The van der Waals surface area contributed by atoms with E-state index in [1.54, 1.807) is 6.07 Å². The molecule has 0 aromatic heterocycles. The largest absolute Gasteiger partial charge is 0.493 e. The van der Waals surface area contributed by atoms with Gasteiger partial charge in [-0.3, -0.25) is 0 Å². The summed E-state index contributed by atoms with van der Waals surface area (Å²) in [6.07, 6.45) is 0.825. The molecule has 1 aromatic rings. The standard InChI is InChI=1S/C13H18FNO/c1-8(2)15-11-6-7-16-13-9(3)4-5-10(14)12(11)13/h4-5,8,11,15H,6-7H2,1-3H3. The fourth-order valence-corrected chi connectivity index (χ4v) is 2.19. The lowest BCUT2D eigenvalue weighted by Crippen LogP contribution is -2.32. The summed E-state index contributed by atoms with van der Waals surface area (Å²) in [5, 5.41) is 3.39. The third-order valence-electron chi connectivity index (χ3n) is 2.88. The molecule has 0 saturated heterocycles. The molecular weight excluding hydrogens is 205 g/mol. The molecule has 0 fully saturated rings. The van der Waals surface area contributed by atoms with Crippen molar-refractivity contribution in [3.63, 3.8) is 0 Å². The Morgan fingerprint density at radius 3 is 2.88 bits per heavy atom. The molecule has 0 radical (unpaired) electrons. The molecule has 2 nitrogen and oxygen atoms in total. The van der Waals surface area contributed by atoms with Crippen molar-refractivity contribution in [1.29, 1.82) is 0 Å². The maximum Gasteiger partial charge on any atom is 0.131 e. The number of hydrogen-bond donors (Lipinski definition) is 1. The summed E-state index contributed by atoms with van der Waals surface area (Å²) in [4.78, 5) is 0. The fraction of sp³-hybridized carbons (Fsp3) is 0.538. The number of ether oxygens (including phenoxy) is 1. The van der Waals surface area contributed by atoms with Gasteiger partial charge in [-0.2, -0.15) is 0 Å². The first-order valence-electron chi connectivity index (χ1n) is 5.77. The average molecular weight is 223 g/mol. The molecule has 1 N–H and O–H groups in total. The molecule has 16 heavy (non-hydrogen) atoms. The summed E-state index contributed by atoms with van der Waals surface area (Å²) in [6.45, 7) is 6.75. The lowest BCUT2D eigenvalue weighted by Gasteiger charge is -2.29. The van der Waals surface area contributed by atoms with Gasteiger partial charge in [0.25, 0.3) is 0 Å². The Bertz CT molecular complexity index is 390. The van der Waals surface area contributed by atoms with E-state index in [-0.39, 0.29) is 11.9 Å². The Hall–Kier alpha value is -1.09. The van der Waals surface area contributed by atoms with E-state index in [0.717, 1.165) is 17.7 Å². The quantitative estimate of drug-likeness (QED) is 0.832. The molecule has 3 heteroatoms. The van der Waals surface area contributed by atoms with Crippen LogP contribution in [-0.2, 0) is 0 Å². The van der Waals surface area contributed by atoms with Gasteiger partial charge in [0.2, 0.25) is 0 Å². The van der Waals surface area contributed by atoms with Crippen LogP contribution in [0, 0.1) is 12.7 Å². The van der Waals surface area contributed by atoms with Crippen LogP contribution in [0.5, 0.6) is 5.75 Å². The van der Waals surface area contributed by atoms with Gasteiger partial charge < -0.3 is 10.1 Å². The highest BCUT2D eigenvalue weighted by Gasteiger charge is 2.26. The van der Waals surface area contributed by atoms with E-state index in [4.69, 9.17) is 4.74 Å². The molecule has 2 rings (SSSR count). The third kappa shape index (κ3) is 2.05. The van der Waals surface area contributed by atoms with Crippen molar-refractivity contribution in [2.45, 2.75) is 39.3 Å². The summed E-state index contributed by atoms with van der Waals surface area (Å²) < 4.78 is 19.4. The lowest BCUT2D eigenvalue weighted by atomic mass is 9.97. The Morgan fingerprint density at radius 1 is 1.44 bits per heavy atom. The number of hydrogen-bond acceptors (Lipinski definition) is 2. The van der Waals surface area contributed by atoms with E-state index in [0.29, 0.717) is 18.2 Å². The zero-order chi connectivity index (χ0) is 11.7. The number of benzene rings is 1. The van der Waals surface area contributed by atoms with Gasteiger partial charge in [-0.25, -0.2) is 4.39 Å². The summed E-state index contributed by atoms with van der Waals surface area (Å²) in [5.74, 6) is 0.558. The van der Waals surface area contributed by atoms with E-state index in [1.165, 1.54) is 6.07 Å². The normalized spacial score (nSPS) is 19.4. The highest BCUT2D eigenvalue weighted by molar-refractivity contribution is 5.44. The monoisotopic (exact) mass is 223 g/mol. The minimum atomic E-state index is -0.168. The predicted molar refractivity (Wildman–Crippen MR) is 62.3 cm³/mol. The first-order chi connectivity index (χ1) is 7.59. The van der Waals surface area contributed by atoms with Gasteiger partial charge >= 0.3 is 0 Å². The first-order valence-corrected chi connectivity index (χ1v) is 5.77. The first kappa shape index (κ1) is 11.4. The SMILES string of the molecule is Cc1ccc(F)c2c1OCCC2NC(C)C. The van der Waals surface area contributed by atoms with Crippen LogP contribution in [0.15, 0.2) is 12.1 Å². The average Bonchev–Trinajstić information content (AvgIpc) is 2.23. The Labute approximate surface area is 95.8 Å². The van der Waals surface area contributed by atoms with Crippen molar-refractivity contribution >= 4 is 0 Å². The van der Waals surface area contributed by atoms with Crippen molar-refractivity contribution in [1.82, 2.24) is 5.32 Å². The molecular formula is C13H18FNO. The summed E-state index contributed by atoms with van der Waals surface area (Å²) in [6, 6.07) is 3.71. The van der Waals surface area contributed by atoms with Crippen molar-refractivity contribution in [3.8, 4) is 5.75 Å². The van der Waals surface area contributed by atoms with Crippen molar-refractivity contribution in [2.24, 2.45) is 0 Å². The van der Waals surface area contributed by atoms with Crippen molar-refractivity contribution in [2.75, 3.05) is 6.61 Å². The van der Waals surface area contributed by atoms with Crippen LogP contribution in [0.25, 0.3) is 0 Å². The molecule has 0 amide bonds. The summed E-state index contributed by atoms with van der Waals surface area (Å²) in [7, 11) is 0. The Morgan fingerprint density at radius 2 is 2.19 bits per heavy atom. The minimum Gasteiger partial charge on any atom is -0.493 e. The molecule has 1 unspecified atom stereocenters. The van der Waals surface area contributed by atoms with Gasteiger partial charge in [-0.15, -0.1) is 0 Å².